The largest absolute Gasteiger partial charge is 0.496 e. The maximum absolute atomic E-state index is 5.70. The molecule has 0 spiro atoms. The molecule has 0 amide bonds. The molecule has 4 N–H and O–H groups in total. The first-order valence-electron chi connectivity index (χ1n) is 4.31. The molecule has 3 nitrogen and oxygen atoms in total. The highest BCUT2D eigenvalue weighted by atomic mass is 16.5. The minimum atomic E-state index is 0.137. The molecule has 0 unspecified atom stereocenters. The van der Waals surface area contributed by atoms with Crippen LogP contribution in [0.4, 0.5) is 5.69 Å². The average Bonchev–Trinajstić information content (AvgIpc) is 2.07. The van der Waals surface area contributed by atoms with Gasteiger partial charge in [-0.15, -0.1) is 0 Å². The third kappa shape index (κ3) is 2.63. The second kappa shape index (κ2) is 4.14. The monoisotopic (exact) mass is 180 g/mol. The number of anilines is 1. The Kier molecular flexibility index (Phi) is 3.14. The van der Waals surface area contributed by atoms with Crippen molar-refractivity contribution in [1.29, 1.82) is 0 Å². The Bertz CT molecular complexity index is 284. The van der Waals surface area contributed by atoms with Crippen LogP contribution in [0.1, 0.15) is 12.5 Å². The molecule has 0 saturated heterocycles. The van der Waals surface area contributed by atoms with Gasteiger partial charge in [-0.25, -0.2) is 0 Å². The molecule has 0 aliphatic rings. The standard InChI is InChI=1S/C10H16N2O/c1-7(11)5-8-3-4-9(12)6-10(8)13-2/h3-4,6-7H,5,11-12H2,1-2H3/t7-/m1/s1. The lowest BCUT2D eigenvalue weighted by Crippen LogP contribution is -2.18. The fraction of sp³-hybridized carbons (Fsp3) is 0.400. The van der Waals surface area contributed by atoms with Crippen molar-refractivity contribution in [2.75, 3.05) is 12.8 Å². The van der Waals surface area contributed by atoms with Crippen LogP contribution in [-0.4, -0.2) is 13.2 Å². The fourth-order valence-electron chi connectivity index (χ4n) is 1.28. The number of ether oxygens (including phenoxy) is 1. The van der Waals surface area contributed by atoms with Crippen molar-refractivity contribution in [3.63, 3.8) is 0 Å². The molecule has 3 heteroatoms. The number of methoxy groups -OCH3 is 1. The summed E-state index contributed by atoms with van der Waals surface area (Å²) in [6.07, 6.45) is 0.809. The van der Waals surface area contributed by atoms with E-state index >= 15 is 0 Å². The molecule has 0 aromatic heterocycles. The molecule has 0 aliphatic carbocycles. The topological polar surface area (TPSA) is 61.3 Å². The molecule has 1 rings (SSSR count). The molecular weight excluding hydrogens is 164 g/mol. The van der Waals surface area contributed by atoms with Crippen molar-refractivity contribution in [2.45, 2.75) is 19.4 Å². The van der Waals surface area contributed by atoms with E-state index in [1.54, 1.807) is 7.11 Å². The van der Waals surface area contributed by atoms with Crippen molar-refractivity contribution in [3.05, 3.63) is 23.8 Å². The van der Waals surface area contributed by atoms with E-state index in [-0.39, 0.29) is 6.04 Å². The third-order valence-electron chi connectivity index (χ3n) is 1.85. The molecule has 72 valence electrons. The lowest BCUT2D eigenvalue weighted by Gasteiger charge is -2.10. The van der Waals surface area contributed by atoms with Gasteiger partial charge in [0.1, 0.15) is 5.75 Å². The van der Waals surface area contributed by atoms with Gasteiger partial charge >= 0.3 is 0 Å². The molecule has 1 aromatic carbocycles. The molecule has 0 aliphatic heterocycles. The highest BCUT2D eigenvalue weighted by Gasteiger charge is 2.05. The highest BCUT2D eigenvalue weighted by molar-refractivity contribution is 5.48. The summed E-state index contributed by atoms with van der Waals surface area (Å²) in [5, 5.41) is 0. The molecular formula is C10H16N2O. The summed E-state index contributed by atoms with van der Waals surface area (Å²) in [4.78, 5) is 0. The predicted octanol–water partition coefficient (Wildman–Crippen LogP) is 1.17. The van der Waals surface area contributed by atoms with Crippen molar-refractivity contribution in [2.24, 2.45) is 5.73 Å². The van der Waals surface area contributed by atoms with Crippen LogP contribution < -0.4 is 16.2 Å². The van der Waals surface area contributed by atoms with Crippen LogP contribution in [0.25, 0.3) is 0 Å². The minimum absolute atomic E-state index is 0.137. The molecule has 1 aromatic rings. The lowest BCUT2D eigenvalue weighted by atomic mass is 10.1. The predicted molar refractivity (Wildman–Crippen MR) is 54.8 cm³/mol. The molecule has 0 radical (unpaired) electrons. The summed E-state index contributed by atoms with van der Waals surface area (Å²) in [7, 11) is 1.64. The molecule has 0 bridgehead atoms. The van der Waals surface area contributed by atoms with Gasteiger partial charge in [-0.1, -0.05) is 6.07 Å². The molecule has 0 saturated carbocycles. The van der Waals surface area contributed by atoms with Crippen molar-refractivity contribution < 1.29 is 4.74 Å². The van der Waals surface area contributed by atoms with Gasteiger partial charge in [0, 0.05) is 17.8 Å². The van der Waals surface area contributed by atoms with Gasteiger partial charge in [0.25, 0.3) is 0 Å². The quantitative estimate of drug-likeness (QED) is 0.686. The van der Waals surface area contributed by atoms with E-state index in [0.29, 0.717) is 5.69 Å². The molecule has 13 heavy (non-hydrogen) atoms. The zero-order valence-corrected chi connectivity index (χ0v) is 8.08. The highest BCUT2D eigenvalue weighted by Crippen LogP contribution is 2.22. The number of benzene rings is 1. The maximum atomic E-state index is 5.70. The maximum Gasteiger partial charge on any atom is 0.124 e. The van der Waals surface area contributed by atoms with Gasteiger partial charge in [0.2, 0.25) is 0 Å². The second-order valence-corrected chi connectivity index (χ2v) is 3.25. The van der Waals surface area contributed by atoms with Crippen molar-refractivity contribution in [1.82, 2.24) is 0 Å². The summed E-state index contributed by atoms with van der Waals surface area (Å²) in [5.41, 5.74) is 13.1. The minimum Gasteiger partial charge on any atom is -0.496 e. The Balaban J connectivity index is 2.92. The van der Waals surface area contributed by atoms with Crippen LogP contribution in [0.15, 0.2) is 18.2 Å². The van der Waals surface area contributed by atoms with E-state index in [1.807, 2.05) is 25.1 Å². The average molecular weight is 180 g/mol. The zero-order chi connectivity index (χ0) is 9.84. The van der Waals surface area contributed by atoms with E-state index in [0.717, 1.165) is 17.7 Å². The van der Waals surface area contributed by atoms with Crippen LogP contribution >= 0.6 is 0 Å². The number of hydrogen-bond donors (Lipinski definition) is 2. The summed E-state index contributed by atoms with van der Waals surface area (Å²) < 4.78 is 5.19. The summed E-state index contributed by atoms with van der Waals surface area (Å²) in [6.45, 7) is 1.97. The van der Waals surface area contributed by atoms with Crippen LogP contribution in [0.2, 0.25) is 0 Å². The van der Waals surface area contributed by atoms with E-state index in [9.17, 15) is 0 Å². The fourth-order valence-corrected chi connectivity index (χ4v) is 1.28. The zero-order valence-electron chi connectivity index (χ0n) is 8.08. The summed E-state index contributed by atoms with van der Waals surface area (Å²) in [6, 6.07) is 5.77. The van der Waals surface area contributed by atoms with Crippen LogP contribution in [0.3, 0.4) is 0 Å². The van der Waals surface area contributed by atoms with Gasteiger partial charge in [-0.3, -0.25) is 0 Å². The van der Waals surface area contributed by atoms with E-state index in [4.69, 9.17) is 16.2 Å². The third-order valence-corrected chi connectivity index (χ3v) is 1.85. The number of nitrogen functional groups attached to an aromatic ring is 1. The molecule has 1 atom stereocenters. The van der Waals surface area contributed by atoms with Gasteiger partial charge in [-0.2, -0.15) is 0 Å². The second-order valence-electron chi connectivity index (χ2n) is 3.25. The Morgan fingerprint density at radius 2 is 2.15 bits per heavy atom. The van der Waals surface area contributed by atoms with E-state index in [1.165, 1.54) is 0 Å². The lowest BCUT2D eigenvalue weighted by molar-refractivity contribution is 0.408. The van der Waals surface area contributed by atoms with Crippen LogP contribution in [0.5, 0.6) is 5.75 Å². The molecule has 0 fully saturated rings. The smallest absolute Gasteiger partial charge is 0.124 e. The normalized spacial score (nSPS) is 12.5. The van der Waals surface area contributed by atoms with Gasteiger partial charge in [0.05, 0.1) is 7.11 Å². The first-order valence-corrected chi connectivity index (χ1v) is 4.31. The number of rotatable bonds is 3. The van der Waals surface area contributed by atoms with Crippen LogP contribution in [-0.2, 0) is 6.42 Å². The summed E-state index contributed by atoms with van der Waals surface area (Å²) in [5.74, 6) is 0.817. The first kappa shape index (κ1) is 9.86. The molecule has 0 heterocycles. The van der Waals surface area contributed by atoms with E-state index < -0.39 is 0 Å². The Morgan fingerprint density at radius 3 is 2.69 bits per heavy atom. The van der Waals surface area contributed by atoms with E-state index in [2.05, 4.69) is 0 Å². The van der Waals surface area contributed by atoms with Gasteiger partial charge in [0.15, 0.2) is 0 Å². The van der Waals surface area contributed by atoms with Crippen molar-refractivity contribution >= 4 is 5.69 Å². The van der Waals surface area contributed by atoms with Crippen LogP contribution in [0, 0.1) is 0 Å². The first-order chi connectivity index (χ1) is 6.13. The number of nitrogens with two attached hydrogens (primary N) is 2. The Morgan fingerprint density at radius 1 is 1.46 bits per heavy atom. The SMILES string of the molecule is COc1cc(N)ccc1C[C@@H](C)N. The Labute approximate surface area is 78.7 Å². The van der Waals surface area contributed by atoms with Crippen molar-refractivity contribution in [3.8, 4) is 5.75 Å². The Hall–Kier alpha value is -1.22. The van der Waals surface area contributed by atoms with Gasteiger partial charge < -0.3 is 16.2 Å². The number of hydrogen-bond acceptors (Lipinski definition) is 3. The van der Waals surface area contributed by atoms with Gasteiger partial charge in [-0.05, 0) is 25.0 Å². The summed E-state index contributed by atoms with van der Waals surface area (Å²) >= 11 is 0.